The van der Waals surface area contributed by atoms with Gasteiger partial charge in [0, 0.05) is 35.9 Å². The van der Waals surface area contributed by atoms with Crippen molar-refractivity contribution in [2.45, 2.75) is 32.7 Å². The highest BCUT2D eigenvalue weighted by molar-refractivity contribution is 6.35. The van der Waals surface area contributed by atoms with E-state index in [0.29, 0.717) is 64.0 Å². The van der Waals surface area contributed by atoms with Crippen LogP contribution >= 0.6 is 23.2 Å². The quantitative estimate of drug-likeness (QED) is 0.225. The Balaban J connectivity index is 1.93. The Morgan fingerprint density at radius 1 is 1.05 bits per heavy atom. The first kappa shape index (κ1) is 26.9. The Kier molecular flexibility index (Phi) is 8.64. The molecule has 8 heteroatoms. The van der Waals surface area contributed by atoms with Crippen LogP contribution in [0.5, 0.6) is 0 Å². The topological polar surface area (TPSA) is 64.4 Å². The standard InChI is InChI=1S/C29H29Cl2N3O3/c1-4-26(33(14-7-15-37-3)28(35)20-16-21(30)18-22(31)17-20)27-32-25-9-6-5-8-24(25)29(36)34(27)23-12-10-19(2)11-13-23/h5-6,8-13,16-18,26H,4,7,14-15H2,1-3H3. The molecule has 37 heavy (non-hydrogen) atoms. The molecule has 0 aliphatic heterocycles. The molecule has 192 valence electrons. The Hall–Kier alpha value is -3.19. The van der Waals surface area contributed by atoms with E-state index in [0.717, 1.165) is 5.56 Å². The van der Waals surface area contributed by atoms with Crippen LogP contribution in [0.1, 0.15) is 47.6 Å². The van der Waals surface area contributed by atoms with Crippen molar-refractivity contribution in [2.75, 3.05) is 20.3 Å². The van der Waals surface area contributed by atoms with Crippen LogP contribution in [0.2, 0.25) is 10.0 Å². The minimum atomic E-state index is -0.499. The first-order valence-corrected chi connectivity index (χ1v) is 12.9. The number of ether oxygens (including phenoxy) is 1. The average Bonchev–Trinajstić information content (AvgIpc) is 2.88. The van der Waals surface area contributed by atoms with Crippen molar-refractivity contribution in [2.24, 2.45) is 0 Å². The molecule has 4 aromatic rings. The van der Waals surface area contributed by atoms with Gasteiger partial charge >= 0.3 is 0 Å². The molecule has 0 fully saturated rings. The number of benzene rings is 3. The molecule has 1 unspecified atom stereocenters. The number of carbonyl (C=O) groups excluding carboxylic acids is 1. The van der Waals surface area contributed by atoms with E-state index >= 15 is 0 Å². The highest BCUT2D eigenvalue weighted by atomic mass is 35.5. The number of hydrogen-bond acceptors (Lipinski definition) is 4. The fourth-order valence-electron chi connectivity index (χ4n) is 4.48. The molecule has 0 saturated heterocycles. The van der Waals surface area contributed by atoms with Crippen molar-refractivity contribution in [3.8, 4) is 5.69 Å². The molecular formula is C29H29Cl2N3O3. The fraction of sp³-hybridized carbons (Fsp3) is 0.276. The zero-order valence-electron chi connectivity index (χ0n) is 21.1. The summed E-state index contributed by atoms with van der Waals surface area (Å²) in [5.41, 5.74) is 2.54. The molecule has 4 rings (SSSR count). The van der Waals surface area contributed by atoms with Crippen LogP contribution in [-0.4, -0.2) is 40.6 Å². The van der Waals surface area contributed by atoms with E-state index in [-0.39, 0.29) is 11.5 Å². The second kappa shape index (κ2) is 11.9. The number of carbonyl (C=O) groups is 1. The molecule has 1 amide bonds. The summed E-state index contributed by atoms with van der Waals surface area (Å²) in [6.07, 6.45) is 1.14. The van der Waals surface area contributed by atoms with Gasteiger partial charge in [-0.2, -0.15) is 0 Å². The van der Waals surface area contributed by atoms with Gasteiger partial charge in [-0.05, 0) is 62.2 Å². The number of hydrogen-bond donors (Lipinski definition) is 0. The van der Waals surface area contributed by atoms with Crippen LogP contribution in [0.3, 0.4) is 0 Å². The van der Waals surface area contributed by atoms with E-state index in [2.05, 4.69) is 0 Å². The molecule has 0 bridgehead atoms. The Morgan fingerprint density at radius 2 is 1.73 bits per heavy atom. The largest absolute Gasteiger partial charge is 0.385 e. The third-order valence-corrected chi connectivity index (χ3v) is 6.71. The van der Waals surface area contributed by atoms with Gasteiger partial charge < -0.3 is 9.64 Å². The predicted molar refractivity (Wildman–Crippen MR) is 149 cm³/mol. The summed E-state index contributed by atoms with van der Waals surface area (Å²) in [4.78, 5) is 34.4. The van der Waals surface area contributed by atoms with E-state index < -0.39 is 6.04 Å². The SMILES string of the molecule is CCC(c1nc2ccccc2c(=O)n1-c1ccc(C)cc1)N(CCCOC)C(=O)c1cc(Cl)cc(Cl)c1. The zero-order valence-corrected chi connectivity index (χ0v) is 22.6. The average molecular weight is 538 g/mol. The molecule has 0 N–H and O–H groups in total. The highest BCUT2D eigenvalue weighted by Crippen LogP contribution is 2.29. The lowest BCUT2D eigenvalue weighted by Gasteiger charge is -2.32. The van der Waals surface area contributed by atoms with E-state index in [1.165, 1.54) is 0 Å². The number of aromatic nitrogens is 2. The van der Waals surface area contributed by atoms with Crippen molar-refractivity contribution >= 4 is 40.0 Å². The van der Waals surface area contributed by atoms with Gasteiger partial charge in [0.1, 0.15) is 5.82 Å². The first-order chi connectivity index (χ1) is 17.8. The number of methoxy groups -OCH3 is 1. The van der Waals surface area contributed by atoms with Gasteiger partial charge in [-0.1, -0.05) is 60.0 Å². The molecule has 0 aliphatic carbocycles. The summed E-state index contributed by atoms with van der Waals surface area (Å²) in [5.74, 6) is 0.249. The van der Waals surface area contributed by atoms with E-state index in [1.54, 1.807) is 40.8 Å². The Bertz CT molecular complexity index is 1450. The van der Waals surface area contributed by atoms with Gasteiger partial charge in [0.2, 0.25) is 0 Å². The lowest BCUT2D eigenvalue weighted by Crippen LogP contribution is -2.39. The Labute approximate surface area is 226 Å². The molecule has 0 saturated carbocycles. The zero-order chi connectivity index (χ0) is 26.5. The summed E-state index contributed by atoms with van der Waals surface area (Å²) in [7, 11) is 1.63. The smallest absolute Gasteiger partial charge is 0.266 e. The van der Waals surface area contributed by atoms with Gasteiger partial charge in [-0.15, -0.1) is 0 Å². The van der Waals surface area contributed by atoms with Crippen molar-refractivity contribution in [1.29, 1.82) is 0 Å². The van der Waals surface area contributed by atoms with Crippen molar-refractivity contribution in [3.05, 3.63) is 104 Å². The second-order valence-electron chi connectivity index (χ2n) is 8.89. The first-order valence-electron chi connectivity index (χ1n) is 12.2. The normalized spacial score (nSPS) is 12.0. The number of rotatable bonds is 9. The van der Waals surface area contributed by atoms with Crippen LogP contribution in [0.25, 0.3) is 16.6 Å². The number of para-hydroxylation sites is 1. The van der Waals surface area contributed by atoms with Gasteiger partial charge in [-0.3, -0.25) is 14.2 Å². The molecule has 6 nitrogen and oxygen atoms in total. The third-order valence-electron chi connectivity index (χ3n) is 6.27. The molecule has 1 aromatic heterocycles. The molecule has 1 heterocycles. The highest BCUT2D eigenvalue weighted by Gasteiger charge is 2.30. The molecule has 0 aliphatic rings. The summed E-state index contributed by atoms with van der Waals surface area (Å²) in [6, 6.07) is 19.3. The van der Waals surface area contributed by atoms with E-state index in [4.69, 9.17) is 32.9 Å². The summed E-state index contributed by atoms with van der Waals surface area (Å²) in [5, 5.41) is 1.27. The fourth-order valence-corrected chi connectivity index (χ4v) is 5.01. The lowest BCUT2D eigenvalue weighted by molar-refractivity contribution is 0.0634. The van der Waals surface area contributed by atoms with Crippen LogP contribution in [0.4, 0.5) is 0 Å². The summed E-state index contributed by atoms with van der Waals surface area (Å²) < 4.78 is 6.89. The van der Waals surface area contributed by atoms with Crippen LogP contribution < -0.4 is 5.56 Å². The minimum absolute atomic E-state index is 0.182. The molecule has 0 spiro atoms. The van der Waals surface area contributed by atoms with Gasteiger partial charge in [0.15, 0.2) is 0 Å². The molecule has 1 atom stereocenters. The van der Waals surface area contributed by atoms with Gasteiger partial charge in [0.25, 0.3) is 11.5 Å². The number of nitrogens with zero attached hydrogens (tertiary/aromatic N) is 3. The molecule has 3 aromatic carbocycles. The third kappa shape index (κ3) is 5.87. The molecular weight excluding hydrogens is 509 g/mol. The lowest BCUT2D eigenvalue weighted by atomic mass is 10.1. The van der Waals surface area contributed by atoms with Crippen molar-refractivity contribution in [3.63, 3.8) is 0 Å². The van der Waals surface area contributed by atoms with Crippen LogP contribution in [-0.2, 0) is 4.74 Å². The maximum atomic E-state index is 13.9. The monoisotopic (exact) mass is 537 g/mol. The number of halogens is 2. The summed E-state index contributed by atoms with van der Waals surface area (Å²) >= 11 is 12.5. The van der Waals surface area contributed by atoms with Crippen molar-refractivity contribution < 1.29 is 9.53 Å². The predicted octanol–water partition coefficient (Wildman–Crippen LogP) is 6.63. The molecule has 0 radical (unpaired) electrons. The van der Waals surface area contributed by atoms with Crippen LogP contribution in [0.15, 0.2) is 71.5 Å². The van der Waals surface area contributed by atoms with Gasteiger partial charge in [0.05, 0.1) is 22.6 Å². The number of fused-ring (bicyclic) bond motifs is 1. The summed E-state index contributed by atoms with van der Waals surface area (Å²) in [6.45, 7) is 4.85. The maximum Gasteiger partial charge on any atom is 0.266 e. The van der Waals surface area contributed by atoms with Crippen molar-refractivity contribution in [1.82, 2.24) is 14.5 Å². The van der Waals surface area contributed by atoms with E-state index in [1.807, 2.05) is 56.3 Å². The number of amides is 1. The second-order valence-corrected chi connectivity index (χ2v) is 9.76. The number of aryl methyl sites for hydroxylation is 1. The van der Waals surface area contributed by atoms with E-state index in [9.17, 15) is 9.59 Å². The minimum Gasteiger partial charge on any atom is -0.385 e. The van der Waals surface area contributed by atoms with Crippen LogP contribution in [0, 0.1) is 6.92 Å². The van der Waals surface area contributed by atoms with Gasteiger partial charge in [-0.25, -0.2) is 4.98 Å². The maximum absolute atomic E-state index is 13.9. The Morgan fingerprint density at radius 3 is 2.38 bits per heavy atom.